The van der Waals surface area contributed by atoms with Crippen LogP contribution in [0.25, 0.3) is 0 Å². The fraction of sp³-hybridized carbons (Fsp3) is 0.677. The van der Waals surface area contributed by atoms with Crippen LogP contribution in [0.1, 0.15) is 61.0 Å². The van der Waals surface area contributed by atoms with Crippen LogP contribution in [-0.2, 0) is 25.6 Å². The molecule has 0 fully saturated rings. The van der Waals surface area contributed by atoms with Gasteiger partial charge in [0.05, 0.1) is 6.04 Å². The average Bonchev–Trinajstić information content (AvgIpc) is 2.87. The van der Waals surface area contributed by atoms with Crippen LogP contribution in [0.15, 0.2) is 30.3 Å². The highest BCUT2D eigenvalue weighted by Gasteiger charge is 2.40. The van der Waals surface area contributed by atoms with E-state index in [1.54, 1.807) is 21.1 Å². The van der Waals surface area contributed by atoms with E-state index in [0.29, 0.717) is 13.0 Å². The molecule has 0 aliphatic heterocycles. The predicted molar refractivity (Wildman–Crippen MR) is 160 cm³/mol. The van der Waals surface area contributed by atoms with Gasteiger partial charge in [0.2, 0.25) is 23.6 Å². The first kappa shape index (κ1) is 35.1. The van der Waals surface area contributed by atoms with Crippen LogP contribution >= 0.6 is 0 Å². The Balaban J connectivity index is 3.10. The zero-order valence-corrected chi connectivity index (χ0v) is 26.4. The Morgan fingerprint density at radius 3 is 1.62 bits per heavy atom. The van der Waals surface area contributed by atoms with Crippen molar-refractivity contribution in [1.82, 2.24) is 25.8 Å². The number of nitrogens with one attached hydrogen (secondary N) is 3. The van der Waals surface area contributed by atoms with Gasteiger partial charge in [-0.1, -0.05) is 85.7 Å². The van der Waals surface area contributed by atoms with E-state index in [1.807, 2.05) is 85.7 Å². The Bertz CT molecular complexity index is 964. The van der Waals surface area contributed by atoms with Gasteiger partial charge in [-0.15, -0.1) is 0 Å². The first-order chi connectivity index (χ1) is 18.6. The molecule has 0 saturated heterocycles. The van der Waals surface area contributed by atoms with E-state index >= 15 is 0 Å². The second-order valence-corrected chi connectivity index (χ2v) is 12.0. The van der Waals surface area contributed by atoms with Gasteiger partial charge in [0, 0.05) is 20.6 Å². The molecule has 0 radical (unpaired) electrons. The van der Waals surface area contributed by atoms with Crippen LogP contribution in [0.5, 0.6) is 0 Å². The second kappa shape index (κ2) is 16.4. The smallest absolute Gasteiger partial charge is 0.246 e. The fourth-order valence-corrected chi connectivity index (χ4v) is 5.13. The molecule has 1 aromatic rings. The van der Waals surface area contributed by atoms with E-state index in [-0.39, 0.29) is 47.3 Å². The first-order valence-corrected chi connectivity index (χ1v) is 14.5. The normalized spacial score (nSPS) is 14.6. The molecule has 4 atom stereocenters. The SMILES string of the molecule is CN[C@H](C(=O)N[C@H](C(=O)N(C)[C@H](C(=O)N(C)[C@H](C(=O)NCCc1ccccc1)C(C)C)C(C)C)C(C)C)C(C)C. The van der Waals surface area contributed by atoms with E-state index in [1.165, 1.54) is 9.80 Å². The van der Waals surface area contributed by atoms with Crippen LogP contribution in [0.4, 0.5) is 0 Å². The van der Waals surface area contributed by atoms with Crippen molar-refractivity contribution in [2.75, 3.05) is 27.7 Å². The van der Waals surface area contributed by atoms with Crippen molar-refractivity contribution in [3.63, 3.8) is 0 Å². The third-order valence-corrected chi connectivity index (χ3v) is 7.36. The van der Waals surface area contributed by atoms with Gasteiger partial charge in [-0.2, -0.15) is 0 Å². The summed E-state index contributed by atoms with van der Waals surface area (Å²) in [5.41, 5.74) is 1.12. The lowest BCUT2D eigenvalue weighted by Gasteiger charge is -2.39. The van der Waals surface area contributed by atoms with Crippen molar-refractivity contribution in [2.45, 2.75) is 86.0 Å². The maximum atomic E-state index is 13.9. The monoisotopic (exact) mass is 559 g/mol. The molecule has 40 heavy (non-hydrogen) atoms. The number of benzene rings is 1. The zero-order valence-electron chi connectivity index (χ0n) is 26.4. The summed E-state index contributed by atoms with van der Waals surface area (Å²) in [6.45, 7) is 15.6. The highest BCUT2D eigenvalue weighted by atomic mass is 16.2. The Kier molecular flexibility index (Phi) is 14.3. The Labute approximate surface area is 241 Å². The van der Waals surface area contributed by atoms with Gasteiger partial charge in [0.15, 0.2) is 0 Å². The maximum Gasteiger partial charge on any atom is 0.246 e. The number of carbonyl (C=O) groups is 4. The van der Waals surface area contributed by atoms with E-state index in [4.69, 9.17) is 0 Å². The number of rotatable bonds is 15. The van der Waals surface area contributed by atoms with Crippen molar-refractivity contribution >= 4 is 23.6 Å². The molecule has 1 aromatic carbocycles. The average molecular weight is 560 g/mol. The van der Waals surface area contributed by atoms with Crippen molar-refractivity contribution < 1.29 is 19.2 Å². The van der Waals surface area contributed by atoms with Crippen molar-refractivity contribution in [3.8, 4) is 0 Å². The molecule has 0 bridgehead atoms. The summed E-state index contributed by atoms with van der Waals surface area (Å²) in [7, 11) is 4.94. The standard InChI is InChI=1S/C31H53N5O4/c1-19(2)24(32-9)28(37)34-25(20(3)4)30(39)36(11)27(22(7)8)31(40)35(10)26(21(5)6)29(38)33-18-17-23-15-13-12-14-16-23/h12-16,19-22,24-27,32H,17-18H2,1-11H3,(H,33,38)(H,34,37)/t24-,25-,26-,27-/m0/s1. The highest BCUT2D eigenvalue weighted by Crippen LogP contribution is 2.20. The lowest BCUT2D eigenvalue weighted by molar-refractivity contribution is -0.151. The summed E-state index contributed by atoms with van der Waals surface area (Å²) in [5.74, 6) is -1.65. The summed E-state index contributed by atoms with van der Waals surface area (Å²) in [6, 6.07) is 7.15. The quantitative estimate of drug-likeness (QED) is 0.306. The zero-order chi connectivity index (χ0) is 30.7. The molecule has 0 saturated carbocycles. The summed E-state index contributed by atoms with van der Waals surface area (Å²) in [4.78, 5) is 56.7. The summed E-state index contributed by atoms with van der Waals surface area (Å²) < 4.78 is 0. The van der Waals surface area contributed by atoms with Crippen molar-refractivity contribution in [2.24, 2.45) is 23.7 Å². The van der Waals surface area contributed by atoms with Crippen molar-refractivity contribution in [3.05, 3.63) is 35.9 Å². The molecular weight excluding hydrogens is 506 g/mol. The van der Waals surface area contributed by atoms with Crippen molar-refractivity contribution in [1.29, 1.82) is 0 Å². The van der Waals surface area contributed by atoms with Crippen LogP contribution in [0, 0.1) is 23.7 Å². The molecular formula is C31H53N5O4. The number of carbonyl (C=O) groups excluding carboxylic acids is 4. The molecule has 0 heterocycles. The minimum Gasteiger partial charge on any atom is -0.354 e. The molecule has 0 spiro atoms. The minimum absolute atomic E-state index is 0.0380. The third-order valence-electron chi connectivity index (χ3n) is 7.36. The number of amides is 4. The fourth-order valence-electron chi connectivity index (χ4n) is 5.13. The van der Waals surface area contributed by atoms with E-state index in [2.05, 4.69) is 16.0 Å². The van der Waals surface area contributed by atoms with Gasteiger partial charge >= 0.3 is 0 Å². The topological polar surface area (TPSA) is 111 Å². The summed E-state index contributed by atoms with van der Waals surface area (Å²) >= 11 is 0. The van der Waals surface area contributed by atoms with Crippen LogP contribution < -0.4 is 16.0 Å². The molecule has 0 aliphatic rings. The van der Waals surface area contributed by atoms with Gasteiger partial charge < -0.3 is 25.8 Å². The minimum atomic E-state index is -0.806. The van der Waals surface area contributed by atoms with Gasteiger partial charge in [-0.05, 0) is 42.7 Å². The van der Waals surface area contributed by atoms with Gasteiger partial charge in [0.25, 0.3) is 0 Å². The van der Waals surface area contributed by atoms with Gasteiger partial charge in [-0.25, -0.2) is 0 Å². The molecule has 1 rings (SSSR count). The lowest BCUT2D eigenvalue weighted by atomic mass is 9.95. The summed E-state index contributed by atoms with van der Waals surface area (Å²) in [6.07, 6.45) is 0.689. The molecule has 4 amide bonds. The largest absolute Gasteiger partial charge is 0.354 e. The Morgan fingerprint density at radius 2 is 1.18 bits per heavy atom. The third kappa shape index (κ3) is 9.61. The van der Waals surface area contributed by atoms with E-state index in [9.17, 15) is 19.2 Å². The molecule has 226 valence electrons. The number of likely N-dealkylation sites (N-methyl/N-ethyl adjacent to an activating group) is 3. The van der Waals surface area contributed by atoms with Crippen LogP contribution in [0.2, 0.25) is 0 Å². The molecule has 0 aliphatic carbocycles. The van der Waals surface area contributed by atoms with Crippen LogP contribution in [0.3, 0.4) is 0 Å². The predicted octanol–water partition coefficient (Wildman–Crippen LogP) is 2.70. The number of hydrogen-bond donors (Lipinski definition) is 3. The molecule has 9 nitrogen and oxygen atoms in total. The first-order valence-electron chi connectivity index (χ1n) is 14.5. The Morgan fingerprint density at radius 1 is 0.675 bits per heavy atom. The molecule has 0 unspecified atom stereocenters. The molecule has 9 heteroatoms. The maximum absolute atomic E-state index is 13.9. The second-order valence-electron chi connectivity index (χ2n) is 12.0. The molecule has 0 aromatic heterocycles. The van der Waals surface area contributed by atoms with E-state index in [0.717, 1.165) is 5.56 Å². The van der Waals surface area contributed by atoms with Gasteiger partial charge in [-0.3, -0.25) is 19.2 Å². The number of nitrogens with zero attached hydrogens (tertiary/aromatic N) is 2. The Hall–Kier alpha value is -2.94. The summed E-state index contributed by atoms with van der Waals surface area (Å²) in [5, 5.41) is 8.90. The lowest BCUT2D eigenvalue weighted by Crippen LogP contribution is -2.61. The number of hydrogen-bond acceptors (Lipinski definition) is 5. The van der Waals surface area contributed by atoms with E-state index < -0.39 is 24.2 Å². The van der Waals surface area contributed by atoms with Gasteiger partial charge in [0.1, 0.15) is 18.1 Å². The molecule has 3 N–H and O–H groups in total. The highest BCUT2D eigenvalue weighted by molar-refractivity contribution is 5.95. The van der Waals surface area contributed by atoms with Crippen LogP contribution in [-0.4, -0.2) is 85.3 Å².